The van der Waals surface area contributed by atoms with Crippen LogP contribution in [0.3, 0.4) is 0 Å². The Morgan fingerprint density at radius 3 is 1.32 bits per heavy atom. The van der Waals surface area contributed by atoms with Crippen molar-refractivity contribution in [3.05, 3.63) is 133 Å². The molecule has 0 spiro atoms. The van der Waals surface area contributed by atoms with Gasteiger partial charge in [-0.2, -0.15) is 0 Å². The smallest absolute Gasteiger partial charge is 0.275 e. The maximum atomic E-state index is 11.9. The standard InChI is InChI=1S/2C15H11N3O/c2*19-15(14-10-16-7-8-17-14)18-13-6-5-11-3-1-2-4-12(11)9-13/h2*1-10H,(H,18,19). The number of carbonyl (C=O) groups excluding carboxylic acids is 2. The lowest BCUT2D eigenvalue weighted by Crippen LogP contribution is -2.13. The van der Waals surface area contributed by atoms with E-state index in [-0.39, 0.29) is 11.8 Å². The van der Waals surface area contributed by atoms with Crippen molar-refractivity contribution in [1.82, 2.24) is 19.9 Å². The number of nitrogens with zero attached hydrogens (tertiary/aromatic N) is 4. The molecule has 0 saturated heterocycles. The zero-order valence-electron chi connectivity index (χ0n) is 20.2. The van der Waals surface area contributed by atoms with Crippen LogP contribution >= 0.6 is 0 Å². The minimum Gasteiger partial charge on any atom is -0.321 e. The summed E-state index contributed by atoms with van der Waals surface area (Å²) in [6.45, 7) is 0. The first-order chi connectivity index (χ1) is 18.7. The molecule has 0 aliphatic rings. The molecule has 0 unspecified atom stereocenters. The molecule has 0 radical (unpaired) electrons. The summed E-state index contributed by atoms with van der Waals surface area (Å²) in [7, 11) is 0. The lowest BCUT2D eigenvalue weighted by atomic mass is 10.1. The van der Waals surface area contributed by atoms with Gasteiger partial charge in [-0.05, 0) is 45.8 Å². The number of rotatable bonds is 4. The average Bonchev–Trinajstić information content (AvgIpc) is 2.98. The van der Waals surface area contributed by atoms with Gasteiger partial charge in [-0.25, -0.2) is 9.97 Å². The monoisotopic (exact) mass is 498 g/mol. The van der Waals surface area contributed by atoms with Gasteiger partial charge >= 0.3 is 0 Å². The molecule has 2 heterocycles. The highest BCUT2D eigenvalue weighted by Crippen LogP contribution is 2.20. The average molecular weight is 499 g/mol. The Kier molecular flexibility index (Phi) is 7.32. The molecule has 0 fully saturated rings. The molecule has 184 valence electrons. The quantitative estimate of drug-likeness (QED) is 0.320. The van der Waals surface area contributed by atoms with Gasteiger partial charge in [0.2, 0.25) is 0 Å². The number of amides is 2. The van der Waals surface area contributed by atoms with Crippen molar-refractivity contribution in [2.24, 2.45) is 0 Å². The third-order valence-electron chi connectivity index (χ3n) is 5.61. The number of fused-ring (bicyclic) bond motifs is 2. The van der Waals surface area contributed by atoms with Gasteiger partial charge < -0.3 is 10.6 Å². The number of nitrogens with one attached hydrogen (secondary N) is 2. The van der Waals surface area contributed by atoms with Crippen LogP contribution in [0, 0.1) is 0 Å². The number of aromatic nitrogens is 4. The van der Waals surface area contributed by atoms with E-state index >= 15 is 0 Å². The summed E-state index contributed by atoms with van der Waals surface area (Å²) in [6, 6.07) is 27.5. The summed E-state index contributed by atoms with van der Waals surface area (Å²) in [6.07, 6.45) is 8.94. The number of carbonyl (C=O) groups is 2. The predicted octanol–water partition coefficient (Wildman–Crippen LogP) is 5.76. The highest BCUT2D eigenvalue weighted by Gasteiger charge is 2.08. The van der Waals surface area contributed by atoms with E-state index in [1.165, 1.54) is 37.2 Å². The summed E-state index contributed by atoms with van der Waals surface area (Å²) in [5.74, 6) is -0.522. The predicted molar refractivity (Wildman–Crippen MR) is 148 cm³/mol. The summed E-state index contributed by atoms with van der Waals surface area (Å²) >= 11 is 0. The molecule has 0 aliphatic carbocycles. The van der Waals surface area contributed by atoms with E-state index in [0.29, 0.717) is 11.4 Å². The van der Waals surface area contributed by atoms with Gasteiger partial charge in [-0.15, -0.1) is 0 Å². The molecule has 0 atom stereocenters. The molecule has 38 heavy (non-hydrogen) atoms. The highest BCUT2D eigenvalue weighted by molar-refractivity contribution is 6.04. The summed E-state index contributed by atoms with van der Waals surface area (Å²) < 4.78 is 0. The van der Waals surface area contributed by atoms with Crippen LogP contribution in [-0.4, -0.2) is 31.8 Å². The molecule has 2 aromatic heterocycles. The topological polar surface area (TPSA) is 110 Å². The van der Waals surface area contributed by atoms with Crippen molar-refractivity contribution in [3.8, 4) is 0 Å². The molecule has 6 aromatic rings. The highest BCUT2D eigenvalue weighted by atomic mass is 16.2. The second-order valence-corrected chi connectivity index (χ2v) is 8.21. The fraction of sp³-hybridized carbons (Fsp3) is 0. The number of hydrogen-bond acceptors (Lipinski definition) is 6. The molecular weight excluding hydrogens is 476 g/mol. The Balaban J connectivity index is 0.000000155. The second-order valence-electron chi connectivity index (χ2n) is 8.21. The maximum Gasteiger partial charge on any atom is 0.275 e. The van der Waals surface area contributed by atoms with Crippen LogP contribution in [0.25, 0.3) is 21.5 Å². The van der Waals surface area contributed by atoms with Gasteiger partial charge in [0.25, 0.3) is 11.8 Å². The molecule has 4 aromatic carbocycles. The third kappa shape index (κ3) is 6.00. The van der Waals surface area contributed by atoms with Crippen molar-refractivity contribution in [2.75, 3.05) is 10.6 Å². The Morgan fingerprint density at radius 2 is 0.921 bits per heavy atom. The van der Waals surface area contributed by atoms with E-state index in [0.717, 1.165) is 32.9 Å². The molecule has 6 rings (SSSR count). The third-order valence-corrected chi connectivity index (χ3v) is 5.61. The maximum absolute atomic E-state index is 11.9. The van der Waals surface area contributed by atoms with Crippen LogP contribution in [0.4, 0.5) is 11.4 Å². The fourth-order valence-electron chi connectivity index (χ4n) is 3.76. The van der Waals surface area contributed by atoms with Crippen LogP contribution in [0.1, 0.15) is 21.0 Å². The first-order valence-electron chi connectivity index (χ1n) is 11.8. The van der Waals surface area contributed by atoms with Crippen LogP contribution in [0.2, 0.25) is 0 Å². The van der Waals surface area contributed by atoms with E-state index in [1.54, 1.807) is 0 Å². The number of hydrogen-bond donors (Lipinski definition) is 2. The van der Waals surface area contributed by atoms with E-state index < -0.39 is 0 Å². The summed E-state index contributed by atoms with van der Waals surface area (Å²) in [5, 5.41) is 10.1. The molecule has 0 bridgehead atoms. The largest absolute Gasteiger partial charge is 0.321 e. The minimum atomic E-state index is -0.261. The molecular formula is C30H22N6O2. The number of benzene rings is 4. The van der Waals surface area contributed by atoms with Gasteiger partial charge in [0.15, 0.2) is 0 Å². The molecule has 2 N–H and O–H groups in total. The van der Waals surface area contributed by atoms with Crippen molar-refractivity contribution < 1.29 is 9.59 Å². The Labute approximate surface area is 218 Å². The summed E-state index contributed by atoms with van der Waals surface area (Å²) in [4.78, 5) is 39.5. The van der Waals surface area contributed by atoms with Crippen LogP contribution < -0.4 is 10.6 Å². The second kappa shape index (κ2) is 11.5. The van der Waals surface area contributed by atoms with Crippen molar-refractivity contribution >= 4 is 44.7 Å². The Morgan fingerprint density at radius 1 is 0.500 bits per heavy atom. The normalized spacial score (nSPS) is 10.3. The van der Waals surface area contributed by atoms with E-state index in [1.807, 2.05) is 84.9 Å². The van der Waals surface area contributed by atoms with Gasteiger partial charge in [0, 0.05) is 36.2 Å². The van der Waals surface area contributed by atoms with Crippen molar-refractivity contribution in [1.29, 1.82) is 0 Å². The molecule has 8 nitrogen and oxygen atoms in total. The number of anilines is 2. The SMILES string of the molecule is O=C(Nc1ccc2ccccc2c1)c1cnccn1.O=C(Nc1ccc2ccccc2c1)c1cnccn1. The lowest BCUT2D eigenvalue weighted by molar-refractivity contribution is 0.101. The molecule has 2 amide bonds. The van der Waals surface area contributed by atoms with Gasteiger partial charge in [-0.1, -0.05) is 60.7 Å². The molecule has 0 aliphatic heterocycles. The Bertz CT molecular complexity index is 1580. The zero-order chi connectivity index (χ0) is 26.2. The van der Waals surface area contributed by atoms with Crippen LogP contribution in [-0.2, 0) is 0 Å². The molecule has 0 saturated carbocycles. The Hall–Kier alpha value is -5.50. The fourth-order valence-corrected chi connectivity index (χ4v) is 3.76. The van der Waals surface area contributed by atoms with E-state index in [2.05, 4.69) is 30.6 Å². The summed E-state index contributed by atoms with van der Waals surface area (Å²) in [5.41, 5.74) is 2.09. The van der Waals surface area contributed by atoms with Crippen molar-refractivity contribution in [2.45, 2.75) is 0 Å². The van der Waals surface area contributed by atoms with Gasteiger partial charge in [-0.3, -0.25) is 19.6 Å². The minimum absolute atomic E-state index is 0.261. The lowest BCUT2D eigenvalue weighted by Gasteiger charge is -2.05. The molecule has 8 heteroatoms. The van der Waals surface area contributed by atoms with Gasteiger partial charge in [0.05, 0.1) is 12.4 Å². The zero-order valence-corrected chi connectivity index (χ0v) is 20.2. The van der Waals surface area contributed by atoms with E-state index in [4.69, 9.17) is 0 Å². The first kappa shape index (κ1) is 24.2. The van der Waals surface area contributed by atoms with Crippen LogP contribution in [0.15, 0.2) is 122 Å². The first-order valence-corrected chi connectivity index (χ1v) is 11.8. The van der Waals surface area contributed by atoms with Gasteiger partial charge in [0.1, 0.15) is 11.4 Å². The van der Waals surface area contributed by atoms with E-state index in [9.17, 15) is 9.59 Å². The van der Waals surface area contributed by atoms with Crippen LogP contribution in [0.5, 0.6) is 0 Å². The van der Waals surface area contributed by atoms with Crippen molar-refractivity contribution in [3.63, 3.8) is 0 Å².